The Bertz CT molecular complexity index is 445. The topological polar surface area (TPSA) is 53.1 Å². The molecule has 1 unspecified atom stereocenters. The number of nitrogen functional groups attached to an aromatic ring is 1. The quantitative estimate of drug-likeness (QED) is 0.650. The molecule has 2 rings (SSSR count). The smallest absolute Gasteiger partial charge is 0.122 e. The van der Waals surface area contributed by atoms with Crippen LogP contribution >= 0.6 is 15.9 Å². The molecule has 3 nitrogen and oxygen atoms in total. The van der Waals surface area contributed by atoms with Gasteiger partial charge in [-0.3, -0.25) is 5.41 Å². The molecule has 0 aromatic heterocycles. The number of nitrogens with zero attached hydrogens (tertiary/aromatic N) is 1. The zero-order chi connectivity index (χ0) is 13.1. The number of halogens is 1. The number of hydrogen-bond donors (Lipinski definition) is 2. The lowest BCUT2D eigenvalue weighted by Crippen LogP contribution is -2.24. The Morgan fingerprint density at radius 2 is 2.17 bits per heavy atom. The lowest BCUT2D eigenvalue weighted by atomic mass is 10.0. The molecule has 1 atom stereocenters. The molecule has 1 fully saturated rings. The molecular weight excluding hydrogens is 290 g/mol. The van der Waals surface area contributed by atoms with Gasteiger partial charge in [-0.1, -0.05) is 6.92 Å². The highest BCUT2D eigenvalue weighted by Gasteiger charge is 2.16. The Hall–Kier alpha value is -1.03. The first kappa shape index (κ1) is 13.4. The summed E-state index contributed by atoms with van der Waals surface area (Å²) in [6, 6.07) is 5.93. The van der Waals surface area contributed by atoms with Crippen molar-refractivity contribution in [2.75, 3.05) is 18.0 Å². The Kier molecular flexibility index (Phi) is 4.27. The summed E-state index contributed by atoms with van der Waals surface area (Å²) in [7, 11) is 0. The highest BCUT2D eigenvalue weighted by Crippen LogP contribution is 2.30. The van der Waals surface area contributed by atoms with Crippen LogP contribution in [0.5, 0.6) is 0 Å². The predicted octanol–water partition coefficient (Wildman–Crippen LogP) is 3.36. The first-order chi connectivity index (χ1) is 8.58. The van der Waals surface area contributed by atoms with Crippen LogP contribution in [-0.2, 0) is 0 Å². The molecule has 18 heavy (non-hydrogen) atoms. The van der Waals surface area contributed by atoms with Gasteiger partial charge in [0.25, 0.3) is 0 Å². The zero-order valence-electron chi connectivity index (χ0n) is 10.7. The van der Waals surface area contributed by atoms with E-state index in [4.69, 9.17) is 11.1 Å². The third-order valence-electron chi connectivity index (χ3n) is 3.62. The summed E-state index contributed by atoms with van der Waals surface area (Å²) in [6.07, 6.45) is 3.82. The van der Waals surface area contributed by atoms with Gasteiger partial charge in [0.1, 0.15) is 5.84 Å². The maximum atomic E-state index is 7.45. The van der Waals surface area contributed by atoms with Crippen LogP contribution in [0.4, 0.5) is 5.69 Å². The van der Waals surface area contributed by atoms with Crippen LogP contribution in [0.2, 0.25) is 0 Å². The number of anilines is 1. The van der Waals surface area contributed by atoms with Gasteiger partial charge in [0, 0.05) is 23.1 Å². The van der Waals surface area contributed by atoms with Crippen LogP contribution in [0.3, 0.4) is 0 Å². The van der Waals surface area contributed by atoms with E-state index in [-0.39, 0.29) is 5.84 Å². The second-order valence-corrected chi connectivity index (χ2v) is 5.96. The van der Waals surface area contributed by atoms with Crippen LogP contribution in [0.1, 0.15) is 31.7 Å². The van der Waals surface area contributed by atoms with Gasteiger partial charge in [0.05, 0.1) is 5.69 Å². The molecule has 0 bridgehead atoms. The summed E-state index contributed by atoms with van der Waals surface area (Å²) in [4.78, 5) is 2.43. The average molecular weight is 310 g/mol. The van der Waals surface area contributed by atoms with Gasteiger partial charge in [0.2, 0.25) is 0 Å². The zero-order valence-corrected chi connectivity index (χ0v) is 12.3. The summed E-state index contributed by atoms with van der Waals surface area (Å²) in [6.45, 7) is 4.55. The fourth-order valence-corrected chi connectivity index (χ4v) is 3.06. The Labute approximate surface area is 117 Å². The molecule has 0 spiro atoms. The van der Waals surface area contributed by atoms with Crippen LogP contribution in [0.25, 0.3) is 0 Å². The number of benzene rings is 1. The minimum atomic E-state index is 0.117. The van der Waals surface area contributed by atoms with Crippen molar-refractivity contribution in [3.8, 4) is 0 Å². The van der Waals surface area contributed by atoms with E-state index in [2.05, 4.69) is 33.8 Å². The molecule has 1 aromatic rings. The van der Waals surface area contributed by atoms with Crippen LogP contribution in [0, 0.1) is 11.3 Å². The van der Waals surface area contributed by atoms with Crippen molar-refractivity contribution in [1.82, 2.24) is 0 Å². The van der Waals surface area contributed by atoms with Crippen LogP contribution in [0.15, 0.2) is 22.7 Å². The monoisotopic (exact) mass is 309 g/mol. The number of hydrogen-bond acceptors (Lipinski definition) is 2. The SMILES string of the molecule is CC1CCCN(c2ccc(C(=N)N)cc2Br)CC1. The maximum absolute atomic E-state index is 7.45. The number of nitrogens with one attached hydrogen (secondary N) is 1. The van der Waals surface area contributed by atoms with Crippen molar-refractivity contribution in [3.05, 3.63) is 28.2 Å². The van der Waals surface area contributed by atoms with Gasteiger partial charge >= 0.3 is 0 Å². The molecule has 0 amide bonds. The fraction of sp³-hybridized carbons (Fsp3) is 0.500. The summed E-state index contributed by atoms with van der Waals surface area (Å²) in [5.74, 6) is 0.942. The highest BCUT2D eigenvalue weighted by atomic mass is 79.9. The van der Waals surface area contributed by atoms with Gasteiger partial charge < -0.3 is 10.6 Å². The van der Waals surface area contributed by atoms with Crippen molar-refractivity contribution < 1.29 is 0 Å². The lowest BCUT2D eigenvalue weighted by molar-refractivity contribution is 0.521. The predicted molar refractivity (Wildman–Crippen MR) is 80.4 cm³/mol. The molecule has 1 aliphatic heterocycles. The first-order valence-corrected chi connectivity index (χ1v) is 7.26. The second-order valence-electron chi connectivity index (χ2n) is 5.10. The minimum absolute atomic E-state index is 0.117. The summed E-state index contributed by atoms with van der Waals surface area (Å²) >= 11 is 3.60. The normalized spacial score (nSPS) is 20.6. The molecule has 98 valence electrons. The molecule has 1 aromatic carbocycles. The number of nitrogens with two attached hydrogens (primary N) is 1. The number of amidine groups is 1. The van der Waals surface area contributed by atoms with Gasteiger partial charge in [-0.15, -0.1) is 0 Å². The first-order valence-electron chi connectivity index (χ1n) is 6.47. The standard InChI is InChI=1S/C14H20BrN3/c1-10-3-2-7-18(8-6-10)13-5-4-11(14(16)17)9-12(13)15/h4-5,9-10H,2-3,6-8H2,1H3,(H3,16,17). The molecule has 0 saturated carbocycles. The third kappa shape index (κ3) is 3.05. The molecule has 0 aliphatic carbocycles. The fourth-order valence-electron chi connectivity index (χ4n) is 2.43. The van der Waals surface area contributed by atoms with E-state index in [1.165, 1.54) is 24.9 Å². The summed E-state index contributed by atoms with van der Waals surface area (Å²) in [5.41, 5.74) is 7.49. The van der Waals surface area contributed by atoms with Gasteiger partial charge in [0.15, 0.2) is 0 Å². The van der Waals surface area contributed by atoms with E-state index in [9.17, 15) is 0 Å². The highest BCUT2D eigenvalue weighted by molar-refractivity contribution is 9.10. The van der Waals surface area contributed by atoms with E-state index in [1.54, 1.807) is 0 Å². The summed E-state index contributed by atoms with van der Waals surface area (Å²) < 4.78 is 1.03. The van der Waals surface area contributed by atoms with Crippen molar-refractivity contribution in [2.24, 2.45) is 11.7 Å². The third-order valence-corrected chi connectivity index (χ3v) is 4.25. The largest absolute Gasteiger partial charge is 0.384 e. The molecule has 4 heteroatoms. The van der Waals surface area contributed by atoms with Crippen molar-refractivity contribution in [2.45, 2.75) is 26.2 Å². The van der Waals surface area contributed by atoms with E-state index >= 15 is 0 Å². The summed E-state index contributed by atoms with van der Waals surface area (Å²) in [5, 5.41) is 7.45. The molecular formula is C14H20BrN3. The maximum Gasteiger partial charge on any atom is 0.122 e. The minimum Gasteiger partial charge on any atom is -0.384 e. The molecule has 0 radical (unpaired) electrons. The number of rotatable bonds is 2. The van der Waals surface area contributed by atoms with Crippen molar-refractivity contribution in [1.29, 1.82) is 5.41 Å². The van der Waals surface area contributed by atoms with Gasteiger partial charge in [-0.25, -0.2) is 0 Å². The lowest BCUT2D eigenvalue weighted by Gasteiger charge is -2.24. The van der Waals surface area contributed by atoms with Gasteiger partial charge in [-0.2, -0.15) is 0 Å². The van der Waals surface area contributed by atoms with E-state index in [0.29, 0.717) is 0 Å². The van der Waals surface area contributed by atoms with E-state index < -0.39 is 0 Å². The van der Waals surface area contributed by atoms with Crippen molar-refractivity contribution >= 4 is 27.5 Å². The van der Waals surface area contributed by atoms with Gasteiger partial charge in [-0.05, 0) is 59.3 Å². The second kappa shape index (κ2) is 5.74. The van der Waals surface area contributed by atoms with Crippen molar-refractivity contribution in [3.63, 3.8) is 0 Å². The molecule has 3 N–H and O–H groups in total. The Morgan fingerprint density at radius 3 is 2.83 bits per heavy atom. The molecule has 1 saturated heterocycles. The van der Waals surface area contributed by atoms with E-state index in [1.807, 2.05) is 12.1 Å². The molecule has 1 aliphatic rings. The molecule has 1 heterocycles. The average Bonchev–Trinajstić information content (AvgIpc) is 2.54. The van der Waals surface area contributed by atoms with E-state index in [0.717, 1.165) is 29.0 Å². The Morgan fingerprint density at radius 1 is 1.39 bits per heavy atom. The Balaban J connectivity index is 2.20. The van der Waals surface area contributed by atoms with Crippen LogP contribution < -0.4 is 10.6 Å². The van der Waals surface area contributed by atoms with Crippen LogP contribution in [-0.4, -0.2) is 18.9 Å².